The van der Waals surface area contributed by atoms with Gasteiger partial charge in [-0.3, -0.25) is 0 Å². The Balaban J connectivity index is 1.72. The molecule has 0 spiro atoms. The second-order valence-electron chi connectivity index (χ2n) is 7.59. The first kappa shape index (κ1) is 18.7. The van der Waals surface area contributed by atoms with E-state index < -0.39 is 0 Å². The van der Waals surface area contributed by atoms with Crippen molar-refractivity contribution < 1.29 is 9.53 Å². The van der Waals surface area contributed by atoms with Gasteiger partial charge < -0.3 is 4.74 Å². The van der Waals surface area contributed by atoms with Crippen LogP contribution >= 0.6 is 0 Å². The summed E-state index contributed by atoms with van der Waals surface area (Å²) in [4.78, 5) is 11.8. The van der Waals surface area contributed by atoms with Gasteiger partial charge in [-0.2, -0.15) is 0 Å². The van der Waals surface area contributed by atoms with E-state index in [0.29, 0.717) is 11.5 Å². The van der Waals surface area contributed by atoms with Crippen molar-refractivity contribution >= 4 is 5.97 Å². The zero-order valence-corrected chi connectivity index (χ0v) is 15.8. The van der Waals surface area contributed by atoms with Crippen LogP contribution in [0, 0.1) is 5.92 Å². The number of rotatable bonds is 7. The predicted molar refractivity (Wildman–Crippen MR) is 106 cm³/mol. The monoisotopic (exact) mass is 350 g/mol. The highest BCUT2D eigenvalue weighted by atomic mass is 16.5. The molecule has 0 heterocycles. The first-order chi connectivity index (χ1) is 12.8. The fraction of sp³-hybridized carbons (Fsp3) is 0.458. The van der Waals surface area contributed by atoms with E-state index in [0.717, 1.165) is 12.3 Å². The van der Waals surface area contributed by atoms with E-state index in [9.17, 15) is 4.79 Å². The van der Waals surface area contributed by atoms with Crippen molar-refractivity contribution in [2.24, 2.45) is 5.92 Å². The van der Waals surface area contributed by atoms with Crippen molar-refractivity contribution in [3.63, 3.8) is 0 Å². The van der Waals surface area contributed by atoms with E-state index in [1.807, 2.05) is 18.2 Å². The molecule has 1 unspecified atom stereocenters. The summed E-state index contributed by atoms with van der Waals surface area (Å²) in [5, 5.41) is 0. The standard InChI is InChI=1S/C24H30O2/c1-26-24(25)23-14-8-11-20(18-23)17-22(21-12-6-3-7-13-21)16-15-19-9-4-2-5-10-19/h3,6-8,11-14,18-19,22H,2,4-5,9-10,15-17H2,1H3. The van der Waals surface area contributed by atoms with E-state index in [-0.39, 0.29) is 5.97 Å². The lowest BCUT2D eigenvalue weighted by Gasteiger charge is -2.25. The summed E-state index contributed by atoms with van der Waals surface area (Å²) in [6.07, 6.45) is 10.5. The van der Waals surface area contributed by atoms with Crippen molar-refractivity contribution in [3.05, 3.63) is 71.3 Å². The maximum atomic E-state index is 11.8. The summed E-state index contributed by atoms with van der Waals surface area (Å²) >= 11 is 0. The lowest BCUT2D eigenvalue weighted by molar-refractivity contribution is 0.0600. The Kier molecular flexibility index (Phi) is 6.88. The van der Waals surface area contributed by atoms with Crippen molar-refractivity contribution in [2.45, 2.75) is 57.3 Å². The van der Waals surface area contributed by atoms with E-state index in [4.69, 9.17) is 4.74 Å². The fourth-order valence-electron chi connectivity index (χ4n) is 4.25. The Morgan fingerprint density at radius 3 is 2.54 bits per heavy atom. The maximum Gasteiger partial charge on any atom is 0.337 e. The van der Waals surface area contributed by atoms with Crippen molar-refractivity contribution in [1.29, 1.82) is 0 Å². The van der Waals surface area contributed by atoms with Gasteiger partial charge in [0.15, 0.2) is 0 Å². The van der Waals surface area contributed by atoms with Crippen molar-refractivity contribution in [2.75, 3.05) is 7.11 Å². The number of hydrogen-bond acceptors (Lipinski definition) is 2. The van der Waals surface area contributed by atoms with Crippen LogP contribution in [0.3, 0.4) is 0 Å². The second-order valence-corrected chi connectivity index (χ2v) is 7.59. The molecule has 2 heteroatoms. The second kappa shape index (κ2) is 9.56. The molecule has 1 aliphatic carbocycles. The summed E-state index contributed by atoms with van der Waals surface area (Å²) in [6.45, 7) is 0. The Morgan fingerprint density at radius 2 is 1.81 bits per heavy atom. The smallest absolute Gasteiger partial charge is 0.337 e. The highest BCUT2D eigenvalue weighted by molar-refractivity contribution is 5.89. The highest BCUT2D eigenvalue weighted by Gasteiger charge is 2.18. The SMILES string of the molecule is COC(=O)c1cccc(CC(CCC2CCCCC2)c2ccccc2)c1. The molecule has 26 heavy (non-hydrogen) atoms. The van der Waals surface area contributed by atoms with Crippen LogP contribution in [0.1, 0.15) is 72.3 Å². The number of carbonyl (C=O) groups excluding carboxylic acids is 1. The molecule has 138 valence electrons. The molecular weight excluding hydrogens is 320 g/mol. The van der Waals surface area contributed by atoms with Crippen LogP contribution in [0.2, 0.25) is 0 Å². The van der Waals surface area contributed by atoms with Gasteiger partial charge in [-0.25, -0.2) is 4.79 Å². The molecule has 0 aliphatic heterocycles. The number of esters is 1. The van der Waals surface area contributed by atoms with Gasteiger partial charge in [0.1, 0.15) is 0 Å². The molecule has 2 nitrogen and oxygen atoms in total. The van der Waals surface area contributed by atoms with Gasteiger partial charge in [-0.1, -0.05) is 74.6 Å². The van der Waals surface area contributed by atoms with Crippen molar-refractivity contribution in [3.8, 4) is 0 Å². The molecule has 2 aromatic rings. The quantitative estimate of drug-likeness (QED) is 0.559. The Bertz CT molecular complexity index is 686. The number of ether oxygens (including phenoxy) is 1. The molecule has 0 aromatic heterocycles. The van der Waals surface area contributed by atoms with Crippen LogP contribution in [0.4, 0.5) is 0 Å². The third kappa shape index (κ3) is 5.20. The molecule has 0 bridgehead atoms. The van der Waals surface area contributed by atoms with Gasteiger partial charge in [0.25, 0.3) is 0 Å². The van der Waals surface area contributed by atoms with Crippen LogP contribution in [0.25, 0.3) is 0 Å². The van der Waals surface area contributed by atoms with Crippen LogP contribution in [-0.2, 0) is 11.2 Å². The lowest BCUT2D eigenvalue weighted by Crippen LogP contribution is -2.10. The normalized spacial score (nSPS) is 16.2. The van der Waals surface area contributed by atoms with Gasteiger partial charge in [-0.15, -0.1) is 0 Å². The molecule has 1 fully saturated rings. The number of carbonyl (C=O) groups is 1. The Morgan fingerprint density at radius 1 is 1.04 bits per heavy atom. The van der Waals surface area contributed by atoms with Gasteiger partial charge in [0.05, 0.1) is 12.7 Å². The molecule has 0 saturated heterocycles. The Hall–Kier alpha value is -2.09. The van der Waals surface area contributed by atoms with E-state index >= 15 is 0 Å². The summed E-state index contributed by atoms with van der Waals surface area (Å²) < 4.78 is 4.87. The highest BCUT2D eigenvalue weighted by Crippen LogP contribution is 2.33. The molecule has 0 N–H and O–H groups in total. The molecule has 3 rings (SSSR count). The van der Waals surface area contributed by atoms with Gasteiger partial charge >= 0.3 is 5.97 Å². The molecule has 1 saturated carbocycles. The number of hydrogen-bond donors (Lipinski definition) is 0. The zero-order valence-electron chi connectivity index (χ0n) is 15.8. The minimum absolute atomic E-state index is 0.259. The first-order valence-corrected chi connectivity index (χ1v) is 9.98. The van der Waals surface area contributed by atoms with Crippen molar-refractivity contribution in [1.82, 2.24) is 0 Å². The topological polar surface area (TPSA) is 26.3 Å². The molecule has 0 radical (unpaired) electrons. The first-order valence-electron chi connectivity index (χ1n) is 9.98. The van der Waals surface area contributed by atoms with Gasteiger partial charge in [0.2, 0.25) is 0 Å². The predicted octanol–water partition coefficient (Wildman–Crippen LogP) is 6.16. The largest absolute Gasteiger partial charge is 0.465 e. The summed E-state index contributed by atoms with van der Waals surface area (Å²) in [7, 11) is 1.44. The molecular formula is C24H30O2. The number of benzene rings is 2. The van der Waals surface area contributed by atoms with Crippen LogP contribution in [-0.4, -0.2) is 13.1 Å². The third-order valence-corrected chi connectivity index (χ3v) is 5.75. The average Bonchev–Trinajstić information content (AvgIpc) is 2.72. The average molecular weight is 351 g/mol. The lowest BCUT2D eigenvalue weighted by atomic mass is 9.81. The maximum absolute atomic E-state index is 11.8. The summed E-state index contributed by atoms with van der Waals surface area (Å²) in [5.74, 6) is 1.15. The van der Waals surface area contributed by atoms with Crippen LogP contribution < -0.4 is 0 Å². The van der Waals surface area contributed by atoms with Crippen LogP contribution in [0.15, 0.2) is 54.6 Å². The molecule has 2 aromatic carbocycles. The number of methoxy groups -OCH3 is 1. The minimum atomic E-state index is -0.259. The van der Waals surface area contributed by atoms with E-state index in [2.05, 4.69) is 36.4 Å². The summed E-state index contributed by atoms with van der Waals surface area (Å²) in [5.41, 5.74) is 3.27. The molecule has 0 amide bonds. The van der Waals surface area contributed by atoms with E-state index in [1.165, 1.54) is 63.2 Å². The zero-order chi connectivity index (χ0) is 18.2. The Labute approximate surface area is 157 Å². The third-order valence-electron chi connectivity index (χ3n) is 5.75. The van der Waals surface area contributed by atoms with E-state index in [1.54, 1.807) is 0 Å². The molecule has 1 aliphatic rings. The fourth-order valence-corrected chi connectivity index (χ4v) is 4.25. The van der Waals surface area contributed by atoms with Crippen LogP contribution in [0.5, 0.6) is 0 Å². The van der Waals surface area contributed by atoms with Gasteiger partial charge in [-0.05, 0) is 54.4 Å². The minimum Gasteiger partial charge on any atom is -0.465 e. The van der Waals surface area contributed by atoms with Gasteiger partial charge in [0, 0.05) is 0 Å². The summed E-state index contributed by atoms with van der Waals surface area (Å²) in [6, 6.07) is 18.7. The molecule has 1 atom stereocenters.